The van der Waals surface area contributed by atoms with Gasteiger partial charge in [0.2, 0.25) is 0 Å². The van der Waals surface area contributed by atoms with Gasteiger partial charge in [0.05, 0.1) is 6.21 Å². The molecule has 0 radical (unpaired) electrons. The zero-order chi connectivity index (χ0) is 21.1. The Kier molecular flexibility index (Phi) is 5.87. The summed E-state index contributed by atoms with van der Waals surface area (Å²) in [6, 6.07) is 8.95. The Morgan fingerprint density at radius 3 is 2.69 bits per heavy atom. The topological polar surface area (TPSA) is 85.8 Å². The van der Waals surface area contributed by atoms with Crippen LogP contribution in [0, 0.1) is 20.8 Å². The highest BCUT2D eigenvalue weighted by molar-refractivity contribution is 5.84. The van der Waals surface area contributed by atoms with Crippen LogP contribution >= 0.6 is 0 Å². The van der Waals surface area contributed by atoms with Gasteiger partial charge in [-0.2, -0.15) is 5.10 Å². The van der Waals surface area contributed by atoms with Gasteiger partial charge >= 0.3 is 5.63 Å². The van der Waals surface area contributed by atoms with E-state index in [4.69, 9.17) is 9.15 Å². The van der Waals surface area contributed by atoms with Gasteiger partial charge in [0, 0.05) is 40.5 Å². The molecule has 0 aliphatic rings. The molecule has 0 aliphatic carbocycles. The van der Waals surface area contributed by atoms with Crippen molar-refractivity contribution in [2.75, 3.05) is 6.61 Å². The summed E-state index contributed by atoms with van der Waals surface area (Å²) in [6.45, 7) is 9.95. The maximum absolute atomic E-state index is 12.0. The molecule has 0 spiro atoms. The zero-order valence-corrected chi connectivity index (χ0v) is 17.3. The van der Waals surface area contributed by atoms with E-state index in [-0.39, 0.29) is 12.5 Å². The second-order valence-electron chi connectivity index (χ2n) is 7.28. The molecule has 0 saturated carbocycles. The molecular formula is C22H25N3O4. The second kappa shape index (κ2) is 8.34. The lowest BCUT2D eigenvalue weighted by Gasteiger charge is -2.13. The maximum Gasteiger partial charge on any atom is 0.336 e. The summed E-state index contributed by atoms with van der Waals surface area (Å²) < 4.78 is 12.9. The minimum absolute atomic E-state index is 0.204. The Bertz CT molecular complexity index is 1140. The first-order chi connectivity index (χ1) is 13.8. The summed E-state index contributed by atoms with van der Waals surface area (Å²) in [5, 5.41) is 4.85. The van der Waals surface area contributed by atoms with Crippen LogP contribution in [0.4, 0.5) is 0 Å². The molecule has 152 valence electrons. The Labute approximate surface area is 169 Å². The molecule has 7 heteroatoms. The van der Waals surface area contributed by atoms with Crippen molar-refractivity contribution in [3.63, 3.8) is 0 Å². The number of carbonyl (C=O) groups excluding carboxylic acids is 1. The molecule has 0 fully saturated rings. The van der Waals surface area contributed by atoms with Crippen molar-refractivity contribution in [3.8, 4) is 5.75 Å². The van der Waals surface area contributed by atoms with Gasteiger partial charge < -0.3 is 13.7 Å². The van der Waals surface area contributed by atoms with Crippen molar-refractivity contribution >= 4 is 23.1 Å². The molecular weight excluding hydrogens is 370 g/mol. The van der Waals surface area contributed by atoms with Crippen molar-refractivity contribution in [2.24, 2.45) is 5.10 Å². The number of hydrazone groups is 1. The van der Waals surface area contributed by atoms with Crippen LogP contribution in [0.5, 0.6) is 5.75 Å². The number of amides is 1. The van der Waals surface area contributed by atoms with Crippen molar-refractivity contribution in [3.05, 3.63) is 63.3 Å². The van der Waals surface area contributed by atoms with Crippen molar-refractivity contribution < 1.29 is 13.9 Å². The average Bonchev–Trinajstić information content (AvgIpc) is 2.93. The third kappa shape index (κ3) is 4.56. The molecule has 3 aromatic rings. The molecule has 0 aliphatic heterocycles. The lowest BCUT2D eigenvalue weighted by atomic mass is 10.1. The van der Waals surface area contributed by atoms with E-state index in [1.54, 1.807) is 24.4 Å². The summed E-state index contributed by atoms with van der Waals surface area (Å²) in [6.07, 6.45) is 1.63. The molecule has 2 heterocycles. The van der Waals surface area contributed by atoms with E-state index in [2.05, 4.69) is 28.9 Å². The van der Waals surface area contributed by atoms with Gasteiger partial charge in [-0.25, -0.2) is 10.2 Å². The van der Waals surface area contributed by atoms with Gasteiger partial charge in [0.15, 0.2) is 6.61 Å². The number of fused-ring (bicyclic) bond motifs is 1. The number of aromatic nitrogens is 1. The van der Waals surface area contributed by atoms with Gasteiger partial charge in [0.1, 0.15) is 11.3 Å². The van der Waals surface area contributed by atoms with Gasteiger partial charge in [-0.1, -0.05) is 0 Å². The Balaban J connectivity index is 1.61. The molecule has 1 amide bonds. The summed E-state index contributed by atoms with van der Waals surface area (Å²) in [5.41, 5.74) is 6.49. The Hall–Kier alpha value is -3.35. The highest BCUT2D eigenvalue weighted by atomic mass is 16.5. The summed E-state index contributed by atoms with van der Waals surface area (Å²) in [5.74, 6) is 0.0515. The Morgan fingerprint density at radius 2 is 2.00 bits per heavy atom. The summed E-state index contributed by atoms with van der Waals surface area (Å²) in [4.78, 5) is 23.5. The van der Waals surface area contributed by atoms with Gasteiger partial charge in [-0.05, 0) is 58.4 Å². The molecule has 3 rings (SSSR count). The summed E-state index contributed by atoms with van der Waals surface area (Å²) >= 11 is 0. The van der Waals surface area contributed by atoms with Crippen LogP contribution in [0.2, 0.25) is 0 Å². The number of nitrogens with zero attached hydrogens (tertiary/aromatic N) is 2. The predicted molar refractivity (Wildman–Crippen MR) is 113 cm³/mol. The predicted octanol–water partition coefficient (Wildman–Crippen LogP) is 3.63. The van der Waals surface area contributed by atoms with E-state index in [1.807, 2.05) is 26.8 Å². The smallest absolute Gasteiger partial charge is 0.336 e. The van der Waals surface area contributed by atoms with Crippen LogP contribution in [-0.2, 0) is 4.79 Å². The second-order valence-corrected chi connectivity index (χ2v) is 7.28. The number of benzene rings is 1. The highest BCUT2D eigenvalue weighted by Crippen LogP contribution is 2.22. The van der Waals surface area contributed by atoms with Gasteiger partial charge in [-0.3, -0.25) is 4.79 Å². The van der Waals surface area contributed by atoms with Gasteiger partial charge in [0.25, 0.3) is 5.91 Å². The number of aryl methyl sites for hydroxylation is 2. The quantitative estimate of drug-likeness (QED) is 0.392. The monoisotopic (exact) mass is 395 g/mol. The molecule has 0 bridgehead atoms. The zero-order valence-electron chi connectivity index (χ0n) is 17.3. The summed E-state index contributed by atoms with van der Waals surface area (Å²) in [7, 11) is 0. The molecule has 0 unspecified atom stereocenters. The van der Waals surface area contributed by atoms with E-state index in [9.17, 15) is 9.59 Å². The third-order valence-corrected chi connectivity index (χ3v) is 4.73. The third-order valence-electron chi connectivity index (χ3n) is 4.73. The van der Waals surface area contributed by atoms with Crippen molar-refractivity contribution in [2.45, 2.75) is 40.7 Å². The van der Waals surface area contributed by atoms with Crippen molar-refractivity contribution in [1.29, 1.82) is 0 Å². The molecule has 1 N–H and O–H groups in total. The van der Waals surface area contributed by atoms with Crippen LogP contribution < -0.4 is 15.8 Å². The number of carbonyl (C=O) groups is 1. The van der Waals surface area contributed by atoms with Crippen LogP contribution in [0.1, 0.15) is 42.4 Å². The van der Waals surface area contributed by atoms with E-state index in [1.165, 1.54) is 6.07 Å². The molecule has 29 heavy (non-hydrogen) atoms. The average molecular weight is 395 g/mol. The number of nitrogens with one attached hydrogen (secondary N) is 1. The lowest BCUT2D eigenvalue weighted by Crippen LogP contribution is -2.24. The SMILES string of the molecule is Cc1cc(=O)oc2cc(OCC(=O)N/N=C\c3cc(C)n(C(C)C)c3C)ccc12. The molecule has 1 aromatic carbocycles. The van der Waals surface area contributed by atoms with Crippen LogP contribution in [0.15, 0.2) is 44.6 Å². The Morgan fingerprint density at radius 1 is 1.24 bits per heavy atom. The fraction of sp³-hybridized carbons (Fsp3) is 0.318. The van der Waals surface area contributed by atoms with E-state index >= 15 is 0 Å². The first-order valence-corrected chi connectivity index (χ1v) is 9.44. The first-order valence-electron chi connectivity index (χ1n) is 9.44. The van der Waals surface area contributed by atoms with Crippen LogP contribution in [0.25, 0.3) is 11.0 Å². The van der Waals surface area contributed by atoms with Crippen molar-refractivity contribution in [1.82, 2.24) is 9.99 Å². The minimum atomic E-state index is -0.420. The van der Waals surface area contributed by atoms with E-state index in [0.717, 1.165) is 27.9 Å². The van der Waals surface area contributed by atoms with Crippen LogP contribution in [0.3, 0.4) is 0 Å². The minimum Gasteiger partial charge on any atom is -0.484 e. The lowest BCUT2D eigenvalue weighted by molar-refractivity contribution is -0.123. The number of hydrogen-bond acceptors (Lipinski definition) is 5. The normalized spacial score (nSPS) is 11.5. The number of rotatable bonds is 6. The maximum atomic E-state index is 12.0. The van der Waals surface area contributed by atoms with E-state index < -0.39 is 5.63 Å². The van der Waals surface area contributed by atoms with E-state index in [0.29, 0.717) is 17.4 Å². The van der Waals surface area contributed by atoms with Crippen LogP contribution in [-0.4, -0.2) is 23.3 Å². The number of hydrogen-bond donors (Lipinski definition) is 1. The standard InChI is InChI=1S/C22H25N3O4/c1-13(2)25-15(4)9-17(16(25)5)11-23-24-21(26)12-28-18-6-7-19-14(3)8-22(27)29-20(19)10-18/h6-11,13H,12H2,1-5H3,(H,24,26)/b23-11-. The first kappa shape index (κ1) is 20.4. The fourth-order valence-electron chi connectivity index (χ4n) is 3.48. The van der Waals surface area contributed by atoms with Gasteiger partial charge in [-0.15, -0.1) is 0 Å². The molecule has 7 nitrogen and oxygen atoms in total. The molecule has 0 saturated heterocycles. The number of ether oxygens (including phenoxy) is 1. The molecule has 0 atom stereocenters. The molecule has 2 aromatic heterocycles. The fourth-order valence-corrected chi connectivity index (χ4v) is 3.48. The highest BCUT2D eigenvalue weighted by Gasteiger charge is 2.10. The largest absolute Gasteiger partial charge is 0.484 e.